The van der Waals surface area contributed by atoms with Crippen LogP contribution in [0, 0.1) is 12.3 Å². The molecule has 3 N–H and O–H groups in total. The van der Waals surface area contributed by atoms with Crippen LogP contribution in [0.1, 0.15) is 36.4 Å². The fourth-order valence-electron chi connectivity index (χ4n) is 1.46. The standard InChI is InChI=1S/C12H20N2O2/c1-9-6-10(7-16-9)11(15)14-8-12(2,3)4-5-13/h6-7H,4-5,8,13H2,1-3H3,(H,14,15). The van der Waals surface area contributed by atoms with Gasteiger partial charge in [-0.05, 0) is 31.4 Å². The number of furan rings is 1. The number of hydrogen-bond donors (Lipinski definition) is 2. The normalized spacial score (nSPS) is 11.5. The van der Waals surface area contributed by atoms with E-state index in [1.54, 1.807) is 6.07 Å². The van der Waals surface area contributed by atoms with E-state index < -0.39 is 0 Å². The summed E-state index contributed by atoms with van der Waals surface area (Å²) in [7, 11) is 0. The summed E-state index contributed by atoms with van der Waals surface area (Å²) >= 11 is 0. The minimum Gasteiger partial charge on any atom is -0.469 e. The van der Waals surface area contributed by atoms with E-state index in [4.69, 9.17) is 10.2 Å². The summed E-state index contributed by atoms with van der Waals surface area (Å²) in [5.74, 6) is 0.647. The van der Waals surface area contributed by atoms with Crippen molar-refractivity contribution in [3.8, 4) is 0 Å². The molecule has 0 unspecified atom stereocenters. The molecule has 1 aromatic heterocycles. The molecule has 0 aliphatic carbocycles. The van der Waals surface area contributed by atoms with Gasteiger partial charge in [0.15, 0.2) is 0 Å². The summed E-state index contributed by atoms with van der Waals surface area (Å²) < 4.78 is 5.08. The van der Waals surface area contributed by atoms with Gasteiger partial charge in [-0.3, -0.25) is 4.79 Å². The van der Waals surface area contributed by atoms with Crippen molar-refractivity contribution < 1.29 is 9.21 Å². The van der Waals surface area contributed by atoms with Gasteiger partial charge in [0.25, 0.3) is 5.91 Å². The van der Waals surface area contributed by atoms with Gasteiger partial charge >= 0.3 is 0 Å². The van der Waals surface area contributed by atoms with Crippen molar-refractivity contribution in [1.82, 2.24) is 5.32 Å². The summed E-state index contributed by atoms with van der Waals surface area (Å²) in [6.07, 6.45) is 2.36. The Labute approximate surface area is 96.2 Å². The van der Waals surface area contributed by atoms with Crippen LogP contribution in [-0.2, 0) is 0 Å². The maximum Gasteiger partial charge on any atom is 0.254 e. The Bertz CT molecular complexity index is 356. The van der Waals surface area contributed by atoms with Crippen LogP contribution in [0.4, 0.5) is 0 Å². The van der Waals surface area contributed by atoms with Crippen molar-refractivity contribution in [3.63, 3.8) is 0 Å². The number of aryl methyl sites for hydroxylation is 1. The Balaban J connectivity index is 2.47. The highest BCUT2D eigenvalue weighted by molar-refractivity contribution is 5.93. The number of amides is 1. The Hall–Kier alpha value is -1.29. The van der Waals surface area contributed by atoms with Gasteiger partial charge in [-0.25, -0.2) is 0 Å². The minimum atomic E-state index is -0.0954. The van der Waals surface area contributed by atoms with Gasteiger partial charge in [0, 0.05) is 6.54 Å². The predicted octanol–water partition coefficient (Wildman–Crippen LogP) is 1.69. The smallest absolute Gasteiger partial charge is 0.254 e. The van der Waals surface area contributed by atoms with E-state index in [1.807, 2.05) is 6.92 Å². The predicted molar refractivity (Wildman–Crippen MR) is 63.2 cm³/mol. The molecule has 4 heteroatoms. The average molecular weight is 224 g/mol. The third-order valence-electron chi connectivity index (χ3n) is 2.54. The molecule has 0 spiro atoms. The van der Waals surface area contributed by atoms with E-state index in [1.165, 1.54) is 6.26 Å². The second-order valence-electron chi connectivity index (χ2n) is 4.83. The summed E-state index contributed by atoms with van der Waals surface area (Å²) in [6, 6.07) is 1.73. The van der Waals surface area contributed by atoms with E-state index in [0.29, 0.717) is 18.7 Å². The first kappa shape index (κ1) is 12.8. The maximum absolute atomic E-state index is 11.7. The van der Waals surface area contributed by atoms with Crippen molar-refractivity contribution in [2.45, 2.75) is 27.2 Å². The molecule has 1 heterocycles. The minimum absolute atomic E-state index is 0.0309. The molecule has 0 saturated heterocycles. The van der Waals surface area contributed by atoms with Gasteiger partial charge in [-0.15, -0.1) is 0 Å². The third kappa shape index (κ3) is 3.70. The second kappa shape index (κ2) is 5.16. The molecule has 0 aliphatic rings. The molecule has 1 aromatic rings. The lowest BCUT2D eigenvalue weighted by atomic mass is 9.89. The number of hydrogen-bond acceptors (Lipinski definition) is 3. The molecular weight excluding hydrogens is 204 g/mol. The van der Waals surface area contributed by atoms with E-state index in [9.17, 15) is 4.79 Å². The number of carbonyl (C=O) groups is 1. The van der Waals surface area contributed by atoms with Crippen LogP contribution in [0.5, 0.6) is 0 Å². The fraction of sp³-hybridized carbons (Fsp3) is 0.583. The Kier molecular flexibility index (Phi) is 4.12. The second-order valence-corrected chi connectivity index (χ2v) is 4.83. The van der Waals surface area contributed by atoms with Gasteiger partial charge in [-0.2, -0.15) is 0 Å². The molecule has 0 saturated carbocycles. The number of nitrogens with two attached hydrogens (primary N) is 1. The molecule has 1 amide bonds. The molecule has 0 radical (unpaired) electrons. The van der Waals surface area contributed by atoms with E-state index in [0.717, 1.165) is 12.2 Å². The van der Waals surface area contributed by atoms with E-state index >= 15 is 0 Å². The Morgan fingerprint density at radius 3 is 2.75 bits per heavy atom. The molecule has 90 valence electrons. The summed E-state index contributed by atoms with van der Waals surface area (Å²) in [5, 5.41) is 2.88. The summed E-state index contributed by atoms with van der Waals surface area (Å²) in [6.45, 7) is 7.23. The monoisotopic (exact) mass is 224 g/mol. The maximum atomic E-state index is 11.7. The van der Waals surface area contributed by atoms with Crippen LogP contribution in [0.2, 0.25) is 0 Å². The van der Waals surface area contributed by atoms with Gasteiger partial charge in [0.05, 0.1) is 5.56 Å². The zero-order valence-electron chi connectivity index (χ0n) is 10.2. The van der Waals surface area contributed by atoms with Crippen molar-refractivity contribution in [3.05, 3.63) is 23.7 Å². The number of nitrogens with one attached hydrogen (secondary N) is 1. The summed E-state index contributed by atoms with van der Waals surface area (Å²) in [5.41, 5.74) is 6.11. The van der Waals surface area contributed by atoms with Gasteiger partial charge in [0.1, 0.15) is 12.0 Å². The molecule has 0 aromatic carbocycles. The van der Waals surface area contributed by atoms with Crippen molar-refractivity contribution in [2.75, 3.05) is 13.1 Å². The highest BCUT2D eigenvalue weighted by atomic mass is 16.3. The van der Waals surface area contributed by atoms with E-state index in [2.05, 4.69) is 19.2 Å². The topological polar surface area (TPSA) is 68.3 Å². The first-order chi connectivity index (χ1) is 7.44. The quantitative estimate of drug-likeness (QED) is 0.799. The first-order valence-corrected chi connectivity index (χ1v) is 5.48. The van der Waals surface area contributed by atoms with Crippen LogP contribution < -0.4 is 11.1 Å². The van der Waals surface area contributed by atoms with Crippen molar-refractivity contribution in [1.29, 1.82) is 0 Å². The average Bonchev–Trinajstić information content (AvgIpc) is 2.61. The molecule has 0 fully saturated rings. The Morgan fingerprint density at radius 1 is 1.56 bits per heavy atom. The van der Waals surface area contributed by atoms with Crippen molar-refractivity contribution in [2.24, 2.45) is 11.1 Å². The molecule has 16 heavy (non-hydrogen) atoms. The molecule has 0 aliphatic heterocycles. The fourth-order valence-corrected chi connectivity index (χ4v) is 1.46. The SMILES string of the molecule is Cc1cc(C(=O)NCC(C)(C)CCN)co1. The lowest BCUT2D eigenvalue weighted by Gasteiger charge is -2.23. The van der Waals surface area contributed by atoms with Gasteiger partial charge < -0.3 is 15.5 Å². The van der Waals surface area contributed by atoms with Crippen LogP contribution in [0.15, 0.2) is 16.7 Å². The van der Waals surface area contributed by atoms with Crippen molar-refractivity contribution >= 4 is 5.91 Å². The van der Waals surface area contributed by atoms with Gasteiger partial charge in [0.2, 0.25) is 0 Å². The highest BCUT2D eigenvalue weighted by Crippen LogP contribution is 2.18. The van der Waals surface area contributed by atoms with Crippen LogP contribution >= 0.6 is 0 Å². The highest BCUT2D eigenvalue weighted by Gasteiger charge is 2.18. The van der Waals surface area contributed by atoms with Crippen LogP contribution in [-0.4, -0.2) is 19.0 Å². The lowest BCUT2D eigenvalue weighted by molar-refractivity contribution is 0.0934. The third-order valence-corrected chi connectivity index (χ3v) is 2.54. The molecule has 1 rings (SSSR count). The molecule has 4 nitrogen and oxygen atoms in total. The number of rotatable bonds is 5. The van der Waals surface area contributed by atoms with Gasteiger partial charge in [-0.1, -0.05) is 13.8 Å². The Morgan fingerprint density at radius 2 is 2.25 bits per heavy atom. The molecular formula is C12H20N2O2. The molecule has 0 bridgehead atoms. The first-order valence-electron chi connectivity index (χ1n) is 5.48. The van der Waals surface area contributed by atoms with Crippen LogP contribution in [0.3, 0.4) is 0 Å². The zero-order valence-corrected chi connectivity index (χ0v) is 10.2. The molecule has 0 atom stereocenters. The zero-order chi connectivity index (χ0) is 12.2. The lowest BCUT2D eigenvalue weighted by Crippen LogP contribution is -2.35. The summed E-state index contributed by atoms with van der Waals surface area (Å²) in [4.78, 5) is 11.7. The van der Waals surface area contributed by atoms with Crippen LogP contribution in [0.25, 0.3) is 0 Å². The number of carbonyl (C=O) groups excluding carboxylic acids is 1. The van der Waals surface area contributed by atoms with E-state index in [-0.39, 0.29) is 11.3 Å². The largest absolute Gasteiger partial charge is 0.469 e.